The molecule has 2 saturated heterocycles. The minimum absolute atomic E-state index is 0. The van der Waals surface area contributed by atoms with Gasteiger partial charge in [-0.2, -0.15) is 27.0 Å². The number of nitrogens with zero attached hydrogens (tertiary/aromatic N) is 4. The van der Waals surface area contributed by atoms with E-state index in [0.717, 1.165) is 57.7 Å². The van der Waals surface area contributed by atoms with Crippen molar-refractivity contribution in [3.8, 4) is 23.1 Å². The van der Waals surface area contributed by atoms with Crippen LogP contribution in [0.4, 0.5) is 9.59 Å². The molecule has 2 aromatic heterocycles. The number of carbonyl (C=O) groups is 2. The molecule has 12 heteroatoms. The molecule has 0 bridgehead atoms. The predicted molar refractivity (Wildman–Crippen MR) is 201 cm³/mol. The number of rotatable bonds is 3. The fourth-order valence-electron chi connectivity index (χ4n) is 5.94. The Bertz CT molecular complexity index is 1890. The van der Waals surface area contributed by atoms with Gasteiger partial charge in [-0.1, -0.05) is 36.1 Å². The number of fused-ring (bicyclic) bond motifs is 1. The molecule has 2 aliphatic heterocycles. The van der Waals surface area contributed by atoms with Gasteiger partial charge in [-0.15, -0.1) is 0 Å². The van der Waals surface area contributed by atoms with E-state index in [1.54, 1.807) is 16.0 Å². The van der Waals surface area contributed by atoms with Crippen LogP contribution in [0.2, 0.25) is 0 Å². The first-order chi connectivity index (χ1) is 22.2. The highest BCUT2D eigenvalue weighted by atomic mass is 32.1. The van der Waals surface area contributed by atoms with Crippen molar-refractivity contribution in [1.82, 2.24) is 29.7 Å². The largest absolute Gasteiger partial charge is 0.444 e. The molecule has 0 radical (unpaired) electrons. The van der Waals surface area contributed by atoms with E-state index in [-0.39, 0.29) is 51.3 Å². The van der Waals surface area contributed by atoms with Crippen LogP contribution in [0.25, 0.3) is 22.3 Å². The van der Waals surface area contributed by atoms with E-state index < -0.39 is 11.2 Å². The molecule has 260 valence electrons. The fourth-order valence-corrected chi connectivity index (χ4v) is 5.94. The molecule has 0 aliphatic carbocycles. The van der Waals surface area contributed by atoms with E-state index in [4.69, 9.17) is 14.5 Å². The summed E-state index contributed by atoms with van der Waals surface area (Å²) in [6.07, 6.45) is 3.49. The number of aromatic nitrogens is 4. The second-order valence-corrected chi connectivity index (χ2v) is 14.3. The molecule has 0 unspecified atom stereocenters. The van der Waals surface area contributed by atoms with Gasteiger partial charge < -0.3 is 19.4 Å². The minimum atomic E-state index is -0.581. The van der Waals surface area contributed by atoms with Gasteiger partial charge in [0.05, 0.1) is 35.0 Å². The number of aromatic amines is 2. The number of ether oxygens (including phenoxy) is 2. The van der Waals surface area contributed by atoms with Gasteiger partial charge in [0.2, 0.25) is 0 Å². The van der Waals surface area contributed by atoms with Crippen molar-refractivity contribution in [2.24, 2.45) is 0 Å². The molecule has 2 atom stereocenters. The SMILES string of the molecule is C=C1C[C@@H](c2ncc(-c3ccc(C#Cc4ccc5nc([C@@H]6CCCN6C(=O)OC(C)(C)C)[nH]c5c4)cc3)[nH]2)N(C(=O)OC(C)(C)C)C1.S.S. The zero-order valence-corrected chi connectivity index (χ0v) is 30.9. The third kappa shape index (κ3) is 8.83. The van der Waals surface area contributed by atoms with E-state index in [1.807, 2.05) is 84.0 Å². The summed E-state index contributed by atoms with van der Waals surface area (Å²) in [6.45, 7) is 16.4. The number of amides is 2. The maximum atomic E-state index is 12.8. The summed E-state index contributed by atoms with van der Waals surface area (Å²) >= 11 is 0. The second-order valence-electron chi connectivity index (χ2n) is 14.3. The smallest absolute Gasteiger partial charge is 0.411 e. The maximum absolute atomic E-state index is 12.8. The molecule has 2 amide bonds. The molecule has 2 N–H and O–H groups in total. The Hall–Kier alpha value is -4.34. The number of imidazole rings is 2. The average Bonchev–Trinajstić information content (AvgIpc) is 3.79. The zero-order chi connectivity index (χ0) is 33.5. The van der Waals surface area contributed by atoms with Gasteiger partial charge in [0.25, 0.3) is 0 Å². The molecule has 2 aliphatic rings. The predicted octanol–water partition coefficient (Wildman–Crippen LogP) is 7.89. The van der Waals surface area contributed by atoms with Gasteiger partial charge in [0, 0.05) is 24.2 Å². The topological polar surface area (TPSA) is 116 Å². The van der Waals surface area contributed by atoms with Crippen LogP contribution in [0.15, 0.2) is 60.8 Å². The van der Waals surface area contributed by atoms with Crippen molar-refractivity contribution < 1.29 is 19.1 Å². The number of carbonyl (C=O) groups excluding carboxylic acids is 2. The van der Waals surface area contributed by atoms with Gasteiger partial charge in [-0.25, -0.2) is 19.6 Å². The fraction of sp³-hybridized carbons (Fsp3) is 0.405. The van der Waals surface area contributed by atoms with Gasteiger partial charge >= 0.3 is 12.2 Å². The molecule has 2 fully saturated rings. The molecule has 49 heavy (non-hydrogen) atoms. The third-order valence-corrected chi connectivity index (χ3v) is 8.04. The third-order valence-electron chi connectivity index (χ3n) is 8.04. The van der Waals surface area contributed by atoms with Crippen molar-refractivity contribution in [2.45, 2.75) is 84.1 Å². The average molecular weight is 703 g/mol. The Kier molecular flexibility index (Phi) is 11.2. The molecule has 6 rings (SSSR count). The number of hydrogen-bond acceptors (Lipinski definition) is 6. The number of nitrogens with one attached hydrogen (secondary N) is 2. The van der Waals surface area contributed by atoms with Crippen molar-refractivity contribution in [2.75, 3.05) is 13.1 Å². The first-order valence-electron chi connectivity index (χ1n) is 16.1. The van der Waals surface area contributed by atoms with E-state index >= 15 is 0 Å². The molecule has 4 heterocycles. The van der Waals surface area contributed by atoms with E-state index in [0.29, 0.717) is 25.3 Å². The van der Waals surface area contributed by atoms with Gasteiger partial charge in [-0.05, 0) is 96.7 Å². The monoisotopic (exact) mass is 702 g/mol. The van der Waals surface area contributed by atoms with Gasteiger partial charge in [0.15, 0.2) is 0 Å². The van der Waals surface area contributed by atoms with Crippen molar-refractivity contribution in [1.29, 1.82) is 0 Å². The van der Waals surface area contributed by atoms with Crippen LogP contribution in [-0.2, 0) is 9.47 Å². The molecular weight excluding hydrogens is 657 g/mol. The summed E-state index contributed by atoms with van der Waals surface area (Å²) in [5.74, 6) is 7.98. The molecule has 0 spiro atoms. The molecule has 4 aromatic rings. The summed E-state index contributed by atoms with van der Waals surface area (Å²) in [4.78, 5) is 45.3. The van der Waals surface area contributed by atoms with Crippen LogP contribution in [0, 0.1) is 11.8 Å². The molecule has 0 saturated carbocycles. The lowest BCUT2D eigenvalue weighted by Crippen LogP contribution is -2.36. The maximum Gasteiger partial charge on any atom is 0.411 e. The number of H-pyrrole nitrogens is 2. The Morgan fingerprint density at radius 1 is 0.857 bits per heavy atom. The highest BCUT2D eigenvalue weighted by molar-refractivity contribution is 7.59. The first-order valence-corrected chi connectivity index (χ1v) is 16.1. The zero-order valence-electron chi connectivity index (χ0n) is 28.9. The molecule has 10 nitrogen and oxygen atoms in total. The molecule has 2 aromatic carbocycles. The summed E-state index contributed by atoms with van der Waals surface area (Å²) in [5.41, 5.74) is 5.11. The lowest BCUT2D eigenvalue weighted by molar-refractivity contribution is 0.0210. The quantitative estimate of drug-likeness (QED) is 0.166. The summed E-state index contributed by atoms with van der Waals surface area (Å²) in [7, 11) is 0. The normalized spacial score (nSPS) is 17.6. The molecular formula is C37H46N6O4S2. The van der Waals surface area contributed by atoms with Gasteiger partial charge in [-0.3, -0.25) is 9.80 Å². The van der Waals surface area contributed by atoms with Crippen LogP contribution in [0.1, 0.15) is 95.7 Å². The minimum Gasteiger partial charge on any atom is -0.444 e. The number of likely N-dealkylation sites (tertiary alicyclic amines) is 2. The summed E-state index contributed by atoms with van der Waals surface area (Å²) < 4.78 is 11.2. The van der Waals surface area contributed by atoms with E-state index in [2.05, 4.69) is 33.4 Å². The summed E-state index contributed by atoms with van der Waals surface area (Å²) in [5, 5.41) is 0. The summed E-state index contributed by atoms with van der Waals surface area (Å²) in [6, 6.07) is 13.5. The Balaban J connectivity index is 0.00000270. The number of hydrogen-bond donors (Lipinski definition) is 2. The van der Waals surface area contributed by atoms with E-state index in [9.17, 15) is 9.59 Å². The first kappa shape index (κ1) is 37.5. The van der Waals surface area contributed by atoms with Crippen LogP contribution in [-0.4, -0.2) is 66.2 Å². The van der Waals surface area contributed by atoms with Crippen molar-refractivity contribution >= 4 is 50.2 Å². The van der Waals surface area contributed by atoms with E-state index in [1.165, 1.54) is 0 Å². The van der Waals surface area contributed by atoms with Crippen LogP contribution < -0.4 is 0 Å². The van der Waals surface area contributed by atoms with Crippen molar-refractivity contribution in [3.05, 3.63) is 83.6 Å². The second kappa shape index (κ2) is 14.6. The number of benzene rings is 2. The van der Waals surface area contributed by atoms with Crippen LogP contribution in [0.5, 0.6) is 0 Å². The van der Waals surface area contributed by atoms with Crippen LogP contribution in [0.3, 0.4) is 0 Å². The Labute approximate surface area is 302 Å². The Morgan fingerprint density at radius 2 is 1.49 bits per heavy atom. The highest BCUT2D eigenvalue weighted by Gasteiger charge is 2.37. The van der Waals surface area contributed by atoms with Crippen LogP contribution >= 0.6 is 27.0 Å². The lowest BCUT2D eigenvalue weighted by Gasteiger charge is -2.27. The lowest BCUT2D eigenvalue weighted by atomic mass is 10.1. The highest BCUT2D eigenvalue weighted by Crippen LogP contribution is 2.35. The van der Waals surface area contributed by atoms with Gasteiger partial charge in [0.1, 0.15) is 22.9 Å². The van der Waals surface area contributed by atoms with Crippen molar-refractivity contribution in [3.63, 3.8) is 0 Å². The Morgan fingerprint density at radius 3 is 2.16 bits per heavy atom. The standard InChI is InChI=1S/C37H42N6O4.2H2S/c1-23-19-31(43(22-23)35(45)47-37(5,6)7)32-38-21-29(41-32)26-15-12-24(13-16-26)10-11-25-14-17-27-28(20-25)40-33(39-27)30-9-8-18-42(30)34(44)46-36(2,3)4;;/h12-17,20-21,30-31H,1,8-9,18-19,22H2,2-7H3,(H,38,41)(H,39,40);2*1H2/t30-,31-;;/m0../s1.